The second-order valence-electron chi connectivity index (χ2n) is 4.74. The van der Waals surface area contributed by atoms with Crippen molar-refractivity contribution in [1.29, 1.82) is 0 Å². The quantitative estimate of drug-likeness (QED) is 0.734. The van der Waals surface area contributed by atoms with E-state index in [2.05, 4.69) is 37.4 Å². The molecule has 0 saturated heterocycles. The van der Waals surface area contributed by atoms with Gasteiger partial charge in [0.05, 0.1) is 0 Å². The second-order valence-corrected chi connectivity index (χ2v) is 4.74. The molecule has 0 aliphatic heterocycles. The Morgan fingerprint density at radius 2 is 2.00 bits per heavy atom. The molecule has 1 atom stereocenters. The van der Waals surface area contributed by atoms with Gasteiger partial charge >= 0.3 is 0 Å². The first-order chi connectivity index (χ1) is 8.17. The lowest BCUT2D eigenvalue weighted by Gasteiger charge is -2.16. The summed E-state index contributed by atoms with van der Waals surface area (Å²) in [6.07, 6.45) is 3.38. The van der Waals surface area contributed by atoms with E-state index < -0.39 is 0 Å². The summed E-state index contributed by atoms with van der Waals surface area (Å²) >= 11 is 0. The van der Waals surface area contributed by atoms with Crippen LogP contribution in [0.1, 0.15) is 29.5 Å². The van der Waals surface area contributed by atoms with Crippen LogP contribution in [-0.4, -0.2) is 26.8 Å². The molecule has 1 aromatic carbocycles. The molecule has 0 bridgehead atoms. The molecule has 0 aliphatic rings. The average molecular weight is 235 g/mol. The van der Waals surface area contributed by atoms with Gasteiger partial charge in [0.25, 0.3) is 0 Å². The highest BCUT2D eigenvalue weighted by molar-refractivity contribution is 5.30. The van der Waals surface area contributed by atoms with Crippen LogP contribution in [0.5, 0.6) is 0 Å². The molecule has 1 unspecified atom stereocenters. The van der Waals surface area contributed by atoms with E-state index in [9.17, 15) is 0 Å². The van der Waals surface area contributed by atoms with Gasteiger partial charge in [0.2, 0.25) is 0 Å². The Hall–Kier alpha value is -0.860. The molecule has 1 aromatic rings. The standard InChI is InChI=1S/C15H25NO/c1-12-7-8-14(10-13(12)2)11-15(16-3)6-5-9-17-4/h7-8,10,15-16H,5-6,9,11H2,1-4H3. The van der Waals surface area contributed by atoms with Crippen molar-refractivity contribution < 1.29 is 4.74 Å². The highest BCUT2D eigenvalue weighted by Gasteiger charge is 2.07. The molecule has 0 spiro atoms. The van der Waals surface area contributed by atoms with Gasteiger partial charge in [-0.25, -0.2) is 0 Å². The van der Waals surface area contributed by atoms with Gasteiger partial charge in [-0.3, -0.25) is 0 Å². The number of benzene rings is 1. The molecular weight excluding hydrogens is 210 g/mol. The fourth-order valence-corrected chi connectivity index (χ4v) is 2.04. The van der Waals surface area contributed by atoms with Crippen LogP contribution in [0.15, 0.2) is 18.2 Å². The minimum absolute atomic E-state index is 0.548. The van der Waals surface area contributed by atoms with Crippen LogP contribution in [-0.2, 0) is 11.2 Å². The van der Waals surface area contributed by atoms with Crippen molar-refractivity contribution in [3.63, 3.8) is 0 Å². The van der Waals surface area contributed by atoms with Crippen molar-refractivity contribution in [2.24, 2.45) is 0 Å². The number of hydrogen-bond acceptors (Lipinski definition) is 2. The Kier molecular flexibility index (Phi) is 6.23. The first-order valence-corrected chi connectivity index (χ1v) is 6.39. The number of aryl methyl sites for hydroxylation is 2. The fraction of sp³-hybridized carbons (Fsp3) is 0.600. The molecule has 96 valence electrons. The van der Waals surface area contributed by atoms with Crippen LogP contribution in [0.2, 0.25) is 0 Å². The summed E-state index contributed by atoms with van der Waals surface area (Å²) in [5.41, 5.74) is 4.17. The molecule has 0 amide bonds. The third-order valence-electron chi connectivity index (χ3n) is 3.36. The lowest BCUT2D eigenvalue weighted by Crippen LogP contribution is -2.27. The minimum atomic E-state index is 0.548. The maximum Gasteiger partial charge on any atom is 0.0462 e. The van der Waals surface area contributed by atoms with Gasteiger partial charge in [-0.1, -0.05) is 18.2 Å². The smallest absolute Gasteiger partial charge is 0.0462 e. The first-order valence-electron chi connectivity index (χ1n) is 6.39. The molecule has 1 N–H and O–H groups in total. The Morgan fingerprint density at radius 1 is 1.24 bits per heavy atom. The predicted molar refractivity (Wildman–Crippen MR) is 73.6 cm³/mol. The van der Waals surface area contributed by atoms with Crippen molar-refractivity contribution in [1.82, 2.24) is 5.32 Å². The Balaban J connectivity index is 2.51. The molecule has 2 nitrogen and oxygen atoms in total. The van der Waals surface area contributed by atoms with E-state index in [1.54, 1.807) is 7.11 Å². The number of nitrogens with one attached hydrogen (secondary N) is 1. The topological polar surface area (TPSA) is 21.3 Å². The fourth-order valence-electron chi connectivity index (χ4n) is 2.04. The molecule has 0 saturated carbocycles. The van der Waals surface area contributed by atoms with E-state index in [0.29, 0.717) is 6.04 Å². The van der Waals surface area contributed by atoms with Crippen LogP contribution < -0.4 is 5.32 Å². The zero-order valence-corrected chi connectivity index (χ0v) is 11.5. The van der Waals surface area contributed by atoms with Crippen LogP contribution >= 0.6 is 0 Å². The molecule has 1 rings (SSSR count). The van der Waals surface area contributed by atoms with Gasteiger partial charge in [0.1, 0.15) is 0 Å². The summed E-state index contributed by atoms with van der Waals surface area (Å²) in [6.45, 7) is 5.19. The van der Waals surface area contributed by atoms with Crippen LogP contribution in [0, 0.1) is 13.8 Å². The van der Waals surface area contributed by atoms with E-state index in [4.69, 9.17) is 4.74 Å². The molecule has 0 fully saturated rings. The van der Waals surface area contributed by atoms with E-state index in [1.807, 2.05) is 7.05 Å². The van der Waals surface area contributed by atoms with Gasteiger partial charge < -0.3 is 10.1 Å². The number of rotatable bonds is 7. The summed E-state index contributed by atoms with van der Waals surface area (Å²) in [5, 5.41) is 3.39. The number of hydrogen-bond donors (Lipinski definition) is 1. The lowest BCUT2D eigenvalue weighted by atomic mass is 9.99. The maximum absolute atomic E-state index is 5.09. The molecule has 0 aliphatic carbocycles. The molecule has 0 radical (unpaired) electrons. The van der Waals surface area contributed by atoms with Gasteiger partial charge in [-0.2, -0.15) is 0 Å². The zero-order valence-electron chi connectivity index (χ0n) is 11.5. The summed E-state index contributed by atoms with van der Waals surface area (Å²) in [5.74, 6) is 0. The van der Waals surface area contributed by atoms with Gasteiger partial charge in [-0.05, 0) is 56.8 Å². The average Bonchev–Trinajstić information content (AvgIpc) is 2.32. The Bertz CT molecular complexity index is 336. The Morgan fingerprint density at radius 3 is 2.59 bits per heavy atom. The van der Waals surface area contributed by atoms with Gasteiger partial charge in [0.15, 0.2) is 0 Å². The molecule has 2 heteroatoms. The number of methoxy groups -OCH3 is 1. The van der Waals surface area contributed by atoms with E-state index in [0.717, 1.165) is 25.9 Å². The Labute approximate surface area is 105 Å². The number of likely N-dealkylation sites (N-methyl/N-ethyl adjacent to an activating group) is 1. The minimum Gasteiger partial charge on any atom is -0.385 e. The largest absolute Gasteiger partial charge is 0.385 e. The maximum atomic E-state index is 5.09. The third-order valence-corrected chi connectivity index (χ3v) is 3.36. The van der Waals surface area contributed by atoms with E-state index in [1.165, 1.54) is 16.7 Å². The highest BCUT2D eigenvalue weighted by atomic mass is 16.5. The van der Waals surface area contributed by atoms with Crippen molar-refractivity contribution in [3.05, 3.63) is 34.9 Å². The summed E-state index contributed by atoms with van der Waals surface area (Å²) in [7, 11) is 3.80. The van der Waals surface area contributed by atoms with Crippen molar-refractivity contribution >= 4 is 0 Å². The van der Waals surface area contributed by atoms with Crippen LogP contribution in [0.25, 0.3) is 0 Å². The first kappa shape index (κ1) is 14.2. The molecule has 17 heavy (non-hydrogen) atoms. The summed E-state index contributed by atoms with van der Waals surface area (Å²) < 4.78 is 5.09. The molecule has 0 aromatic heterocycles. The van der Waals surface area contributed by atoms with Crippen molar-refractivity contribution in [2.45, 2.75) is 39.2 Å². The van der Waals surface area contributed by atoms with Gasteiger partial charge in [-0.15, -0.1) is 0 Å². The number of ether oxygens (including phenoxy) is 1. The summed E-state index contributed by atoms with van der Waals surface area (Å²) in [6, 6.07) is 7.30. The SMILES string of the molecule is CNC(CCCOC)Cc1ccc(C)c(C)c1. The second kappa shape index (κ2) is 7.46. The van der Waals surface area contributed by atoms with Gasteiger partial charge in [0, 0.05) is 19.8 Å². The molecule has 0 heterocycles. The van der Waals surface area contributed by atoms with E-state index >= 15 is 0 Å². The predicted octanol–water partition coefficient (Wildman–Crippen LogP) is 2.86. The monoisotopic (exact) mass is 235 g/mol. The van der Waals surface area contributed by atoms with Crippen LogP contribution in [0.3, 0.4) is 0 Å². The molecular formula is C15H25NO. The van der Waals surface area contributed by atoms with Crippen molar-refractivity contribution in [3.8, 4) is 0 Å². The van der Waals surface area contributed by atoms with E-state index in [-0.39, 0.29) is 0 Å². The van der Waals surface area contributed by atoms with Crippen molar-refractivity contribution in [2.75, 3.05) is 20.8 Å². The third kappa shape index (κ3) is 4.88. The van der Waals surface area contributed by atoms with Crippen LogP contribution in [0.4, 0.5) is 0 Å². The lowest BCUT2D eigenvalue weighted by molar-refractivity contribution is 0.189. The normalized spacial score (nSPS) is 12.7. The zero-order chi connectivity index (χ0) is 12.7. The highest BCUT2D eigenvalue weighted by Crippen LogP contribution is 2.13. The summed E-state index contributed by atoms with van der Waals surface area (Å²) in [4.78, 5) is 0.